The number of benzene rings is 1. The third-order valence-corrected chi connectivity index (χ3v) is 2.17. The number of nitrogens with zero attached hydrogens (tertiary/aromatic N) is 1. The van der Waals surface area contributed by atoms with E-state index in [4.69, 9.17) is 0 Å². The van der Waals surface area contributed by atoms with E-state index >= 15 is 0 Å². The molecule has 0 bridgehead atoms. The summed E-state index contributed by atoms with van der Waals surface area (Å²) in [5, 5.41) is 1.22. The smallest absolute Gasteiger partial charge is 0.0705 e. The average Bonchev–Trinajstić information content (AvgIpc) is 2.07. The molecule has 1 nitrogen and oxygen atoms in total. The van der Waals surface area contributed by atoms with Gasteiger partial charge in [0.25, 0.3) is 0 Å². The molecule has 0 saturated carbocycles. The van der Waals surface area contributed by atoms with Crippen LogP contribution in [0.15, 0.2) is 30.3 Å². The molecule has 0 spiro atoms. The normalized spacial score (nSPS) is 9.69. The summed E-state index contributed by atoms with van der Waals surface area (Å²) in [7, 11) is 0. The van der Waals surface area contributed by atoms with Crippen molar-refractivity contribution in [1.82, 2.24) is 4.98 Å². The fourth-order valence-electron chi connectivity index (χ4n) is 1.32. The van der Waals surface area contributed by atoms with Crippen molar-refractivity contribution in [1.29, 1.82) is 0 Å². The van der Waals surface area contributed by atoms with Crippen LogP contribution in [-0.2, 0) is 19.5 Å². The van der Waals surface area contributed by atoms with E-state index in [9.17, 15) is 0 Å². The molecule has 2 aromatic rings. The average molecular weight is 223 g/mol. The third-order valence-electron chi connectivity index (χ3n) is 2.17. The van der Waals surface area contributed by atoms with Gasteiger partial charge in [0.05, 0.1) is 5.52 Å². The summed E-state index contributed by atoms with van der Waals surface area (Å²) in [5.41, 5.74) is 3.46. The topological polar surface area (TPSA) is 12.9 Å². The zero-order valence-corrected chi connectivity index (χ0v) is 11.0. The van der Waals surface area contributed by atoms with E-state index in [1.54, 1.807) is 0 Å². The number of aryl methyl sites for hydroxylation is 2. The Morgan fingerprint density at radius 3 is 2.54 bits per heavy atom. The van der Waals surface area contributed by atoms with Crippen LogP contribution in [0.25, 0.3) is 10.9 Å². The number of para-hydroxylation sites is 1. The van der Waals surface area contributed by atoms with Crippen molar-refractivity contribution in [2.24, 2.45) is 0 Å². The number of hydrogen-bond acceptors (Lipinski definition) is 1. The van der Waals surface area contributed by atoms with Gasteiger partial charge in [-0.15, -0.1) is 0 Å². The van der Waals surface area contributed by atoms with E-state index in [0.29, 0.717) is 0 Å². The molecule has 0 fully saturated rings. The van der Waals surface area contributed by atoms with Crippen molar-refractivity contribution in [2.45, 2.75) is 13.8 Å². The van der Waals surface area contributed by atoms with Crippen LogP contribution in [0.4, 0.5) is 0 Å². The van der Waals surface area contributed by atoms with Crippen LogP contribution in [0.5, 0.6) is 0 Å². The van der Waals surface area contributed by atoms with E-state index in [-0.39, 0.29) is 19.5 Å². The number of pyridine rings is 1. The van der Waals surface area contributed by atoms with Crippen molar-refractivity contribution in [3.63, 3.8) is 0 Å². The van der Waals surface area contributed by atoms with Crippen LogP contribution in [0, 0.1) is 13.8 Å². The van der Waals surface area contributed by atoms with Gasteiger partial charge in [-0.2, -0.15) is 0 Å². The molecule has 0 radical (unpaired) electrons. The van der Waals surface area contributed by atoms with Gasteiger partial charge in [0.1, 0.15) is 0 Å². The summed E-state index contributed by atoms with van der Waals surface area (Å²) < 4.78 is 0. The molecule has 0 aliphatic heterocycles. The molecule has 1 heterocycles. The van der Waals surface area contributed by atoms with Gasteiger partial charge in [-0.25, -0.2) is 0 Å². The number of aromatic nitrogens is 1. The molecule has 0 N–H and O–H groups in total. The fraction of sp³-hybridized carbons (Fsp3) is 0.182. The van der Waals surface area contributed by atoms with Gasteiger partial charge in [-0.3, -0.25) is 4.98 Å². The zero-order chi connectivity index (χ0) is 8.55. The largest absolute Gasteiger partial charge is 0.253 e. The van der Waals surface area contributed by atoms with Crippen molar-refractivity contribution in [3.05, 3.63) is 41.6 Å². The van der Waals surface area contributed by atoms with Gasteiger partial charge in [0, 0.05) is 30.6 Å². The van der Waals surface area contributed by atoms with E-state index in [1.165, 1.54) is 10.9 Å². The molecule has 2 rings (SSSR count). The van der Waals surface area contributed by atoms with Crippen molar-refractivity contribution in [2.75, 3.05) is 0 Å². The molecular formula is C11H11NZn. The summed E-state index contributed by atoms with van der Waals surface area (Å²) in [5.74, 6) is 0. The molecular weight excluding hydrogens is 212 g/mol. The maximum Gasteiger partial charge on any atom is 0.0705 e. The van der Waals surface area contributed by atoms with Crippen LogP contribution < -0.4 is 0 Å². The Labute approximate surface area is 90.9 Å². The minimum absolute atomic E-state index is 0. The van der Waals surface area contributed by atoms with Crippen molar-refractivity contribution >= 4 is 10.9 Å². The van der Waals surface area contributed by atoms with Crippen LogP contribution in [0.3, 0.4) is 0 Å². The maximum atomic E-state index is 4.48. The molecule has 0 amide bonds. The van der Waals surface area contributed by atoms with Crippen LogP contribution in [-0.4, -0.2) is 4.98 Å². The maximum absolute atomic E-state index is 4.48. The second-order valence-electron chi connectivity index (χ2n) is 3.08. The molecule has 0 atom stereocenters. The first-order valence-corrected chi connectivity index (χ1v) is 4.10. The molecule has 0 saturated heterocycles. The van der Waals surface area contributed by atoms with Gasteiger partial charge >= 0.3 is 0 Å². The summed E-state index contributed by atoms with van der Waals surface area (Å²) in [6, 6.07) is 10.4. The van der Waals surface area contributed by atoms with E-state index < -0.39 is 0 Å². The monoisotopic (exact) mass is 221 g/mol. The van der Waals surface area contributed by atoms with Gasteiger partial charge in [0.2, 0.25) is 0 Å². The summed E-state index contributed by atoms with van der Waals surface area (Å²) in [6.45, 7) is 4.14. The Kier molecular flexibility index (Phi) is 3.16. The molecule has 0 aliphatic rings. The summed E-state index contributed by atoms with van der Waals surface area (Å²) in [6.07, 6.45) is 0. The molecule has 13 heavy (non-hydrogen) atoms. The quantitative estimate of drug-likeness (QED) is 0.625. The SMILES string of the molecule is Cc1cc2ccccc2nc1C.[Zn]. The fourth-order valence-corrected chi connectivity index (χ4v) is 1.32. The summed E-state index contributed by atoms with van der Waals surface area (Å²) in [4.78, 5) is 4.48. The number of fused-ring (bicyclic) bond motifs is 1. The van der Waals surface area contributed by atoms with E-state index in [0.717, 1.165) is 11.2 Å². The van der Waals surface area contributed by atoms with Crippen LogP contribution in [0.1, 0.15) is 11.3 Å². The Hall–Kier alpha value is -0.747. The Morgan fingerprint density at radius 2 is 1.77 bits per heavy atom. The van der Waals surface area contributed by atoms with Gasteiger partial charge in [-0.05, 0) is 31.5 Å². The predicted octanol–water partition coefficient (Wildman–Crippen LogP) is 2.85. The zero-order valence-electron chi connectivity index (χ0n) is 8.04. The first-order valence-electron chi connectivity index (χ1n) is 4.10. The molecule has 0 unspecified atom stereocenters. The van der Waals surface area contributed by atoms with Gasteiger partial charge in [0.15, 0.2) is 0 Å². The minimum atomic E-state index is 0. The third kappa shape index (κ3) is 1.95. The van der Waals surface area contributed by atoms with Crippen LogP contribution >= 0.6 is 0 Å². The van der Waals surface area contributed by atoms with Crippen molar-refractivity contribution in [3.8, 4) is 0 Å². The molecule has 2 heteroatoms. The Morgan fingerprint density at radius 1 is 1.08 bits per heavy atom. The van der Waals surface area contributed by atoms with E-state index in [2.05, 4.69) is 24.0 Å². The van der Waals surface area contributed by atoms with Crippen LogP contribution in [0.2, 0.25) is 0 Å². The first-order chi connectivity index (χ1) is 5.77. The molecule has 1 aromatic heterocycles. The Balaban J connectivity index is 0.000000845. The van der Waals surface area contributed by atoms with E-state index in [1.807, 2.05) is 25.1 Å². The molecule has 1 aromatic carbocycles. The summed E-state index contributed by atoms with van der Waals surface area (Å²) >= 11 is 0. The second-order valence-corrected chi connectivity index (χ2v) is 3.08. The Bertz CT molecular complexity index is 383. The molecule has 0 aliphatic carbocycles. The van der Waals surface area contributed by atoms with Gasteiger partial charge in [-0.1, -0.05) is 18.2 Å². The first kappa shape index (κ1) is 10.3. The standard InChI is InChI=1S/C11H11N.Zn/c1-8-7-10-5-3-4-6-11(10)12-9(8)2;/h3-7H,1-2H3;. The minimum Gasteiger partial charge on any atom is -0.253 e. The van der Waals surface area contributed by atoms with Crippen molar-refractivity contribution < 1.29 is 19.5 Å². The number of rotatable bonds is 0. The molecule has 62 valence electrons. The predicted molar refractivity (Wildman–Crippen MR) is 51.2 cm³/mol. The second kappa shape index (κ2) is 3.97. The number of hydrogen-bond donors (Lipinski definition) is 0. The van der Waals surface area contributed by atoms with Gasteiger partial charge < -0.3 is 0 Å².